The van der Waals surface area contributed by atoms with E-state index >= 15 is 0 Å². The first kappa shape index (κ1) is 15.1. The molecule has 0 bridgehead atoms. The zero-order valence-corrected chi connectivity index (χ0v) is 13.3. The van der Waals surface area contributed by atoms with Gasteiger partial charge in [-0.2, -0.15) is 0 Å². The van der Waals surface area contributed by atoms with Crippen LogP contribution >= 0.6 is 0 Å². The summed E-state index contributed by atoms with van der Waals surface area (Å²) in [5.41, 5.74) is 0.761. The first-order valence-electron chi connectivity index (χ1n) is 8.40. The van der Waals surface area contributed by atoms with Gasteiger partial charge in [0.25, 0.3) is 0 Å². The van der Waals surface area contributed by atoms with E-state index in [1.165, 1.54) is 25.7 Å². The summed E-state index contributed by atoms with van der Waals surface area (Å²) in [4.78, 5) is 6.93. The van der Waals surface area contributed by atoms with Gasteiger partial charge in [-0.3, -0.25) is 0 Å². The molecule has 0 amide bonds. The number of hydrogen-bond acceptors (Lipinski definition) is 2. The molecule has 2 unspecified atom stereocenters. The van der Waals surface area contributed by atoms with Gasteiger partial charge in [-0.25, -0.2) is 13.8 Å². The van der Waals surface area contributed by atoms with Crippen LogP contribution in [0.1, 0.15) is 36.8 Å². The molecule has 4 heteroatoms. The summed E-state index contributed by atoms with van der Waals surface area (Å²) >= 11 is 0. The second-order valence-corrected chi connectivity index (χ2v) is 6.52. The van der Waals surface area contributed by atoms with E-state index < -0.39 is 11.6 Å². The molecular weight excluding hydrogens is 306 g/mol. The van der Waals surface area contributed by atoms with Crippen LogP contribution in [0, 0.1) is 29.4 Å². The number of anilines is 1. The minimum atomic E-state index is -0.516. The molecular formula is C20H18F2N2. The van der Waals surface area contributed by atoms with E-state index in [1.807, 2.05) is 12.1 Å². The summed E-state index contributed by atoms with van der Waals surface area (Å²) in [6.07, 6.45) is 6.87. The molecule has 2 atom stereocenters. The van der Waals surface area contributed by atoms with Crippen LogP contribution in [-0.4, -0.2) is 17.6 Å². The summed E-state index contributed by atoms with van der Waals surface area (Å²) in [7, 11) is 0. The number of rotatable bonds is 1. The van der Waals surface area contributed by atoms with Crippen LogP contribution < -0.4 is 4.90 Å². The standard InChI is InChI=1S/C20H18F2N2/c21-17-7-8-18(22)16(12-17)6-4-14-5-9-20(23-13-14)24-11-10-15-2-1-3-19(15)24/h5,7-9,12-13,15,19H,1-3,10-11H2. The third-order valence-corrected chi connectivity index (χ3v) is 5.07. The normalized spacial score (nSPS) is 22.2. The highest BCUT2D eigenvalue weighted by Gasteiger charge is 2.37. The Morgan fingerprint density at radius 1 is 1.04 bits per heavy atom. The van der Waals surface area contributed by atoms with Gasteiger partial charge in [-0.1, -0.05) is 18.3 Å². The molecule has 0 spiro atoms. The van der Waals surface area contributed by atoms with E-state index in [9.17, 15) is 8.78 Å². The molecule has 4 rings (SSSR count). The number of nitrogens with zero attached hydrogens (tertiary/aromatic N) is 2. The molecule has 1 saturated carbocycles. The molecule has 1 aliphatic heterocycles. The summed E-state index contributed by atoms with van der Waals surface area (Å²) in [6, 6.07) is 7.79. The molecule has 0 radical (unpaired) electrons. The maximum atomic E-state index is 13.6. The smallest absolute Gasteiger partial charge is 0.139 e. The molecule has 1 aromatic carbocycles. The fourth-order valence-electron chi connectivity index (χ4n) is 3.88. The van der Waals surface area contributed by atoms with Crippen LogP contribution in [0.4, 0.5) is 14.6 Å². The van der Waals surface area contributed by atoms with Gasteiger partial charge in [0, 0.05) is 24.3 Å². The van der Waals surface area contributed by atoms with Gasteiger partial charge < -0.3 is 4.90 Å². The number of aromatic nitrogens is 1. The van der Waals surface area contributed by atoms with E-state index in [0.717, 1.165) is 36.5 Å². The molecule has 122 valence electrons. The predicted octanol–water partition coefficient (Wildman–Crippen LogP) is 4.14. The van der Waals surface area contributed by atoms with Gasteiger partial charge in [-0.05, 0) is 55.5 Å². The van der Waals surface area contributed by atoms with Crippen molar-refractivity contribution in [2.75, 3.05) is 11.4 Å². The molecule has 2 aromatic rings. The second-order valence-electron chi connectivity index (χ2n) is 6.52. The average molecular weight is 324 g/mol. The maximum Gasteiger partial charge on any atom is 0.139 e. The zero-order chi connectivity index (χ0) is 16.5. The van der Waals surface area contributed by atoms with Crippen molar-refractivity contribution in [2.45, 2.75) is 31.7 Å². The Labute approximate surface area is 140 Å². The van der Waals surface area contributed by atoms with E-state index in [4.69, 9.17) is 0 Å². The second kappa shape index (κ2) is 6.24. The van der Waals surface area contributed by atoms with Gasteiger partial charge in [0.1, 0.15) is 17.5 Å². The number of hydrogen-bond donors (Lipinski definition) is 0. The van der Waals surface area contributed by atoms with Crippen LogP contribution in [0.25, 0.3) is 0 Å². The number of halogens is 2. The fraction of sp³-hybridized carbons (Fsp3) is 0.350. The highest BCUT2D eigenvalue weighted by Crippen LogP contribution is 2.39. The van der Waals surface area contributed by atoms with Gasteiger partial charge in [-0.15, -0.1) is 0 Å². The molecule has 1 saturated heterocycles. The van der Waals surface area contributed by atoms with Crippen LogP contribution in [0.3, 0.4) is 0 Å². The minimum absolute atomic E-state index is 0.0624. The Morgan fingerprint density at radius 3 is 2.79 bits per heavy atom. The van der Waals surface area contributed by atoms with E-state index in [-0.39, 0.29) is 5.56 Å². The number of benzene rings is 1. The topological polar surface area (TPSA) is 16.1 Å². The summed E-state index contributed by atoms with van der Waals surface area (Å²) < 4.78 is 26.7. The van der Waals surface area contributed by atoms with Crippen molar-refractivity contribution in [3.8, 4) is 11.8 Å². The Hall–Kier alpha value is -2.41. The van der Waals surface area contributed by atoms with Crippen molar-refractivity contribution < 1.29 is 8.78 Å². The van der Waals surface area contributed by atoms with Crippen molar-refractivity contribution in [1.82, 2.24) is 4.98 Å². The highest BCUT2D eigenvalue weighted by molar-refractivity contribution is 5.48. The predicted molar refractivity (Wildman–Crippen MR) is 89.7 cm³/mol. The lowest BCUT2D eigenvalue weighted by molar-refractivity contribution is 0.540. The Bertz CT molecular complexity index is 805. The van der Waals surface area contributed by atoms with E-state index in [2.05, 4.69) is 21.7 Å². The molecule has 2 heterocycles. The van der Waals surface area contributed by atoms with Gasteiger partial charge in [0.05, 0.1) is 5.56 Å². The van der Waals surface area contributed by atoms with Crippen LogP contribution in [-0.2, 0) is 0 Å². The van der Waals surface area contributed by atoms with E-state index in [1.54, 1.807) is 6.20 Å². The van der Waals surface area contributed by atoms with Crippen LogP contribution in [0.5, 0.6) is 0 Å². The Kier molecular flexibility index (Phi) is 3.93. The molecule has 2 fully saturated rings. The zero-order valence-electron chi connectivity index (χ0n) is 13.3. The Balaban J connectivity index is 1.53. The Morgan fingerprint density at radius 2 is 1.96 bits per heavy atom. The number of fused-ring (bicyclic) bond motifs is 1. The van der Waals surface area contributed by atoms with Gasteiger partial charge >= 0.3 is 0 Å². The molecule has 1 aromatic heterocycles. The maximum absolute atomic E-state index is 13.6. The minimum Gasteiger partial charge on any atom is -0.353 e. The SMILES string of the molecule is Fc1ccc(F)c(C#Cc2ccc(N3CCC4CCCC43)nc2)c1. The largest absolute Gasteiger partial charge is 0.353 e. The third-order valence-electron chi connectivity index (χ3n) is 5.07. The molecule has 2 nitrogen and oxygen atoms in total. The van der Waals surface area contributed by atoms with Gasteiger partial charge in [0.2, 0.25) is 0 Å². The van der Waals surface area contributed by atoms with Gasteiger partial charge in [0.15, 0.2) is 0 Å². The monoisotopic (exact) mass is 324 g/mol. The summed E-state index contributed by atoms with van der Waals surface area (Å²) in [5, 5.41) is 0. The lowest BCUT2D eigenvalue weighted by Crippen LogP contribution is -2.30. The molecule has 24 heavy (non-hydrogen) atoms. The highest BCUT2D eigenvalue weighted by atomic mass is 19.1. The first-order chi connectivity index (χ1) is 11.7. The van der Waals surface area contributed by atoms with E-state index in [0.29, 0.717) is 11.6 Å². The molecule has 1 aliphatic carbocycles. The van der Waals surface area contributed by atoms with Crippen molar-refractivity contribution >= 4 is 5.82 Å². The van der Waals surface area contributed by atoms with Crippen LogP contribution in [0.2, 0.25) is 0 Å². The van der Waals surface area contributed by atoms with Crippen LogP contribution in [0.15, 0.2) is 36.5 Å². The lowest BCUT2D eigenvalue weighted by atomic mass is 10.0. The summed E-state index contributed by atoms with van der Waals surface area (Å²) in [6.45, 7) is 1.07. The number of pyridine rings is 1. The van der Waals surface area contributed by atoms with Crippen molar-refractivity contribution in [3.05, 3.63) is 59.3 Å². The van der Waals surface area contributed by atoms with Crippen molar-refractivity contribution in [2.24, 2.45) is 5.92 Å². The summed E-state index contributed by atoms with van der Waals surface area (Å²) in [5.74, 6) is 6.34. The lowest BCUT2D eigenvalue weighted by Gasteiger charge is -2.24. The molecule has 2 aliphatic rings. The average Bonchev–Trinajstić information content (AvgIpc) is 3.20. The molecule has 0 N–H and O–H groups in total. The first-order valence-corrected chi connectivity index (χ1v) is 8.40. The van der Waals surface area contributed by atoms with Crippen molar-refractivity contribution in [3.63, 3.8) is 0 Å². The quantitative estimate of drug-likeness (QED) is 0.733. The fourth-order valence-corrected chi connectivity index (χ4v) is 3.88. The third kappa shape index (κ3) is 2.87. The van der Waals surface area contributed by atoms with Crippen molar-refractivity contribution in [1.29, 1.82) is 0 Å².